The van der Waals surface area contributed by atoms with Crippen LogP contribution in [0.15, 0.2) is 59.8 Å². The summed E-state index contributed by atoms with van der Waals surface area (Å²) in [6.45, 7) is 0. The van der Waals surface area contributed by atoms with Crippen LogP contribution in [-0.4, -0.2) is 25.1 Å². The van der Waals surface area contributed by atoms with Crippen LogP contribution in [0.5, 0.6) is 0 Å². The predicted molar refractivity (Wildman–Crippen MR) is 93.7 cm³/mol. The van der Waals surface area contributed by atoms with Gasteiger partial charge in [-0.25, -0.2) is 0 Å². The minimum atomic E-state index is -0.516. The molecule has 0 spiro atoms. The Morgan fingerprint density at radius 1 is 1.04 bits per heavy atom. The maximum atomic E-state index is 12.0. The highest BCUT2D eigenvalue weighted by molar-refractivity contribution is 8.00. The van der Waals surface area contributed by atoms with Gasteiger partial charge in [0.1, 0.15) is 5.25 Å². The normalized spacial score (nSPS) is 12.7. The summed E-state index contributed by atoms with van der Waals surface area (Å²) in [6.07, 6.45) is 0. The van der Waals surface area contributed by atoms with Crippen LogP contribution in [0.1, 0.15) is 10.8 Å². The summed E-state index contributed by atoms with van der Waals surface area (Å²) in [7, 11) is 1.95. The molecular weight excluding hydrogens is 322 g/mol. The van der Waals surface area contributed by atoms with Gasteiger partial charge in [-0.2, -0.15) is 0 Å². The van der Waals surface area contributed by atoms with Gasteiger partial charge in [0, 0.05) is 7.05 Å². The van der Waals surface area contributed by atoms with Crippen molar-refractivity contribution in [2.75, 3.05) is 0 Å². The van der Waals surface area contributed by atoms with Crippen LogP contribution >= 0.6 is 11.8 Å². The zero-order valence-corrected chi connectivity index (χ0v) is 13.8. The lowest BCUT2D eigenvalue weighted by molar-refractivity contribution is -0.117. The molecule has 120 valence electrons. The van der Waals surface area contributed by atoms with Gasteiger partial charge in [0.15, 0.2) is 5.16 Å². The molecule has 7 heteroatoms. The van der Waals surface area contributed by atoms with Crippen molar-refractivity contribution < 1.29 is 4.79 Å². The fourth-order valence-corrected chi connectivity index (χ4v) is 3.83. The molecule has 0 bridgehead atoms. The number of carbonyl (C=O) groups is 1. The van der Waals surface area contributed by atoms with E-state index in [1.807, 2.05) is 70.6 Å². The molecule has 1 atom stereocenters. The van der Waals surface area contributed by atoms with E-state index in [0.717, 1.165) is 22.4 Å². The molecule has 1 amide bonds. The smallest absolute Gasteiger partial charge is 0.236 e. The summed E-state index contributed by atoms with van der Waals surface area (Å²) in [5.74, 6) is 0.332. The first-order valence-corrected chi connectivity index (χ1v) is 8.34. The Kier molecular flexibility index (Phi) is 3.50. The molecule has 0 unspecified atom stereocenters. The number of nitrogens with two attached hydrogens (primary N) is 1. The van der Waals surface area contributed by atoms with Gasteiger partial charge >= 0.3 is 0 Å². The molecule has 2 aromatic carbocycles. The van der Waals surface area contributed by atoms with Crippen molar-refractivity contribution in [2.45, 2.75) is 10.4 Å². The number of fused-ring (bicyclic) bond motifs is 3. The number of nitrogens with zero attached hydrogens (tertiary/aromatic N) is 4. The summed E-state index contributed by atoms with van der Waals surface area (Å²) in [6, 6.07) is 17.5. The molecule has 0 saturated heterocycles. The first-order valence-electron chi connectivity index (χ1n) is 7.46. The van der Waals surface area contributed by atoms with Crippen LogP contribution in [0.4, 0.5) is 0 Å². The van der Waals surface area contributed by atoms with E-state index < -0.39 is 11.2 Å². The lowest BCUT2D eigenvalue weighted by Crippen LogP contribution is -2.19. The van der Waals surface area contributed by atoms with Crippen LogP contribution in [0.2, 0.25) is 0 Å². The molecule has 0 saturated carbocycles. The summed E-state index contributed by atoms with van der Waals surface area (Å²) >= 11 is 1.32. The first-order chi connectivity index (χ1) is 11.7. The SMILES string of the molecule is Cn1c2ccccc2n2c(S[C@@H](C(N)=O)c3ccccc3)nnc12. The van der Waals surface area contributed by atoms with Crippen molar-refractivity contribution in [2.24, 2.45) is 12.8 Å². The Balaban J connectivity index is 1.85. The van der Waals surface area contributed by atoms with Crippen LogP contribution < -0.4 is 5.73 Å². The fraction of sp³-hybridized carbons (Fsp3) is 0.118. The van der Waals surface area contributed by atoms with Crippen molar-refractivity contribution in [3.05, 3.63) is 60.2 Å². The maximum absolute atomic E-state index is 12.0. The molecule has 2 N–H and O–H groups in total. The minimum absolute atomic E-state index is 0.400. The molecule has 0 aliphatic carbocycles. The predicted octanol–water partition coefficient (Wildman–Crippen LogP) is 2.54. The number of primary amides is 1. The molecular formula is C17H15N5OS. The number of rotatable bonds is 4. The molecule has 2 aromatic heterocycles. The third kappa shape index (κ3) is 2.25. The van der Waals surface area contributed by atoms with Gasteiger partial charge in [0.2, 0.25) is 11.7 Å². The quantitative estimate of drug-likeness (QED) is 0.581. The Morgan fingerprint density at radius 2 is 1.71 bits per heavy atom. The average molecular weight is 337 g/mol. The molecule has 0 aliphatic heterocycles. The third-order valence-corrected chi connectivity index (χ3v) is 5.20. The monoisotopic (exact) mass is 337 g/mol. The van der Waals surface area contributed by atoms with Crippen molar-refractivity contribution in [1.29, 1.82) is 0 Å². The van der Waals surface area contributed by atoms with Gasteiger partial charge in [-0.05, 0) is 17.7 Å². The highest BCUT2D eigenvalue weighted by Gasteiger charge is 2.24. The van der Waals surface area contributed by atoms with Crippen molar-refractivity contribution >= 4 is 34.5 Å². The Morgan fingerprint density at radius 3 is 2.42 bits per heavy atom. The number of thioether (sulfide) groups is 1. The summed E-state index contributed by atoms with van der Waals surface area (Å²) in [5.41, 5.74) is 8.53. The van der Waals surface area contributed by atoms with E-state index in [-0.39, 0.29) is 0 Å². The maximum Gasteiger partial charge on any atom is 0.236 e. The second-order valence-corrected chi connectivity index (χ2v) is 6.55. The van der Waals surface area contributed by atoms with Crippen molar-refractivity contribution in [3.8, 4) is 0 Å². The fourth-order valence-electron chi connectivity index (χ4n) is 2.83. The Bertz CT molecular complexity index is 1040. The van der Waals surface area contributed by atoms with Crippen LogP contribution in [0, 0.1) is 0 Å². The molecule has 2 heterocycles. The van der Waals surface area contributed by atoms with Gasteiger partial charge in [0.05, 0.1) is 11.0 Å². The van der Waals surface area contributed by atoms with E-state index in [1.54, 1.807) is 0 Å². The topological polar surface area (TPSA) is 78.2 Å². The summed E-state index contributed by atoms with van der Waals surface area (Å²) < 4.78 is 3.94. The number of para-hydroxylation sites is 2. The number of hydrogen-bond donors (Lipinski definition) is 1. The van der Waals surface area contributed by atoms with E-state index in [4.69, 9.17) is 5.73 Å². The number of hydrogen-bond acceptors (Lipinski definition) is 4. The zero-order valence-electron chi connectivity index (χ0n) is 13.0. The Labute approximate surface area is 142 Å². The van der Waals surface area contributed by atoms with Crippen LogP contribution in [0.25, 0.3) is 16.8 Å². The highest BCUT2D eigenvalue weighted by atomic mass is 32.2. The van der Waals surface area contributed by atoms with Crippen molar-refractivity contribution in [3.63, 3.8) is 0 Å². The molecule has 6 nitrogen and oxygen atoms in total. The average Bonchev–Trinajstić information content (AvgIpc) is 3.14. The molecule has 0 fully saturated rings. The standard InChI is InChI=1S/C17H15N5OS/c1-21-12-9-5-6-10-13(12)22-16(21)19-20-17(22)24-14(15(18)23)11-7-3-2-4-8-11/h2-10,14H,1H3,(H2,18,23)/t14-/m1/s1. The van der Waals surface area contributed by atoms with Gasteiger partial charge in [0.25, 0.3) is 0 Å². The number of amides is 1. The molecule has 4 rings (SSSR count). The number of carbonyl (C=O) groups excluding carboxylic acids is 1. The van der Waals surface area contributed by atoms with E-state index in [9.17, 15) is 4.79 Å². The highest BCUT2D eigenvalue weighted by Crippen LogP contribution is 2.35. The molecule has 4 aromatic rings. The number of imidazole rings is 1. The number of benzene rings is 2. The number of aryl methyl sites for hydroxylation is 1. The van der Waals surface area contributed by atoms with Gasteiger partial charge in [-0.15, -0.1) is 10.2 Å². The van der Waals surface area contributed by atoms with E-state index in [0.29, 0.717) is 5.16 Å². The number of aromatic nitrogens is 4. The van der Waals surface area contributed by atoms with E-state index in [1.165, 1.54) is 11.8 Å². The van der Waals surface area contributed by atoms with E-state index in [2.05, 4.69) is 10.2 Å². The molecule has 0 aliphatic rings. The first kappa shape index (κ1) is 14.8. The van der Waals surface area contributed by atoms with Crippen LogP contribution in [0.3, 0.4) is 0 Å². The molecule has 24 heavy (non-hydrogen) atoms. The molecule has 0 radical (unpaired) electrons. The van der Waals surface area contributed by atoms with Crippen LogP contribution in [-0.2, 0) is 11.8 Å². The second kappa shape index (κ2) is 5.68. The lowest BCUT2D eigenvalue weighted by atomic mass is 10.1. The Hall–Kier alpha value is -2.80. The zero-order chi connectivity index (χ0) is 16.7. The summed E-state index contributed by atoms with van der Waals surface area (Å²) in [4.78, 5) is 12.0. The summed E-state index contributed by atoms with van der Waals surface area (Å²) in [5, 5.41) is 8.66. The van der Waals surface area contributed by atoms with Gasteiger partial charge in [-0.3, -0.25) is 9.20 Å². The van der Waals surface area contributed by atoms with Gasteiger partial charge < -0.3 is 10.3 Å². The largest absolute Gasteiger partial charge is 0.368 e. The minimum Gasteiger partial charge on any atom is -0.368 e. The lowest BCUT2D eigenvalue weighted by Gasteiger charge is -2.11. The third-order valence-electron chi connectivity index (χ3n) is 3.98. The van der Waals surface area contributed by atoms with E-state index >= 15 is 0 Å². The van der Waals surface area contributed by atoms with Gasteiger partial charge in [-0.1, -0.05) is 54.2 Å². The van der Waals surface area contributed by atoms with Crippen molar-refractivity contribution in [1.82, 2.24) is 19.2 Å². The second-order valence-electron chi connectivity index (χ2n) is 5.48.